The van der Waals surface area contributed by atoms with Crippen molar-refractivity contribution >= 4 is 16.6 Å². The van der Waals surface area contributed by atoms with Gasteiger partial charge in [0.25, 0.3) is 0 Å². The van der Waals surface area contributed by atoms with Crippen molar-refractivity contribution in [3.63, 3.8) is 0 Å². The second kappa shape index (κ2) is 4.41. The monoisotopic (exact) mass is 262 g/mol. The number of H-pyrrole nitrogens is 1. The van der Waals surface area contributed by atoms with E-state index < -0.39 is 0 Å². The van der Waals surface area contributed by atoms with Crippen molar-refractivity contribution in [1.29, 1.82) is 0 Å². The molecule has 3 aromatic rings. The van der Waals surface area contributed by atoms with Crippen LogP contribution in [0, 0.1) is 0 Å². The molecule has 0 unspecified atom stereocenters. The Labute approximate surface area is 118 Å². The van der Waals surface area contributed by atoms with Gasteiger partial charge in [-0.2, -0.15) is 0 Å². The summed E-state index contributed by atoms with van der Waals surface area (Å²) < 4.78 is 0. The Kier molecular flexibility index (Phi) is 2.56. The number of hydrogen-bond donors (Lipinski definition) is 2. The molecule has 0 atom stereocenters. The maximum absolute atomic E-state index is 3.65. The second-order valence-corrected chi connectivity index (χ2v) is 5.39. The quantitative estimate of drug-likeness (QED) is 0.670. The highest BCUT2D eigenvalue weighted by molar-refractivity contribution is 5.95. The highest BCUT2D eigenvalue weighted by atomic mass is 14.9. The number of nitrogens with one attached hydrogen (secondary N) is 2. The van der Waals surface area contributed by atoms with Crippen molar-refractivity contribution < 1.29 is 0 Å². The molecule has 1 aliphatic rings. The van der Waals surface area contributed by atoms with E-state index in [1.165, 1.54) is 39.0 Å². The van der Waals surface area contributed by atoms with Crippen molar-refractivity contribution in [2.45, 2.75) is 19.8 Å². The van der Waals surface area contributed by atoms with E-state index in [9.17, 15) is 0 Å². The lowest BCUT2D eigenvalue weighted by molar-refractivity contribution is 1.05. The van der Waals surface area contributed by atoms with E-state index in [1.807, 2.05) is 0 Å². The Balaban J connectivity index is 2.09. The van der Waals surface area contributed by atoms with Gasteiger partial charge >= 0.3 is 0 Å². The number of benzene rings is 2. The summed E-state index contributed by atoms with van der Waals surface area (Å²) >= 11 is 0. The number of aromatic amines is 1. The average molecular weight is 262 g/mol. The van der Waals surface area contributed by atoms with Crippen molar-refractivity contribution in [3.8, 4) is 11.3 Å². The lowest BCUT2D eigenvalue weighted by Gasteiger charge is -2.12. The summed E-state index contributed by atoms with van der Waals surface area (Å²) in [4.78, 5) is 3.65. The average Bonchev–Trinajstić information content (AvgIpc) is 2.75. The summed E-state index contributed by atoms with van der Waals surface area (Å²) in [5.41, 5.74) is 8.03. The summed E-state index contributed by atoms with van der Waals surface area (Å²) in [6, 6.07) is 15.2. The van der Waals surface area contributed by atoms with Crippen molar-refractivity contribution in [3.05, 3.63) is 53.6 Å². The molecule has 2 N–H and O–H groups in total. The third kappa shape index (κ3) is 1.58. The fourth-order valence-electron chi connectivity index (χ4n) is 3.33. The molecule has 0 spiro atoms. The third-order valence-corrected chi connectivity index (χ3v) is 4.29. The molecule has 0 saturated carbocycles. The lowest BCUT2D eigenvalue weighted by Crippen LogP contribution is -2.02. The minimum Gasteiger partial charge on any atom is -0.384 e. The predicted octanol–water partition coefficient (Wildman–Crippen LogP) is 4.37. The van der Waals surface area contributed by atoms with E-state index in [4.69, 9.17) is 0 Å². The number of aryl methyl sites for hydroxylation is 1. The highest BCUT2D eigenvalue weighted by Gasteiger charge is 2.20. The van der Waals surface area contributed by atoms with Crippen LogP contribution in [0.3, 0.4) is 0 Å². The summed E-state index contributed by atoms with van der Waals surface area (Å²) in [6.07, 6.45) is 2.12. The Bertz CT molecular complexity index is 783. The Morgan fingerprint density at radius 3 is 2.85 bits per heavy atom. The first kappa shape index (κ1) is 11.6. The second-order valence-electron chi connectivity index (χ2n) is 5.39. The molecule has 1 aromatic heterocycles. The van der Waals surface area contributed by atoms with Crippen molar-refractivity contribution in [2.24, 2.45) is 0 Å². The van der Waals surface area contributed by atoms with Crippen LogP contribution < -0.4 is 5.32 Å². The molecule has 0 amide bonds. The van der Waals surface area contributed by atoms with Crippen LogP contribution in [-0.2, 0) is 12.8 Å². The SMILES string of the molecule is CCc1cccc2c1-c1[nH]c3ccccc3c1CCN2. The summed E-state index contributed by atoms with van der Waals surface area (Å²) in [5.74, 6) is 0. The maximum Gasteiger partial charge on any atom is 0.0521 e. The van der Waals surface area contributed by atoms with Gasteiger partial charge in [-0.1, -0.05) is 37.3 Å². The van der Waals surface area contributed by atoms with Gasteiger partial charge in [-0.3, -0.25) is 0 Å². The van der Waals surface area contributed by atoms with Gasteiger partial charge in [-0.15, -0.1) is 0 Å². The number of hydrogen-bond acceptors (Lipinski definition) is 1. The topological polar surface area (TPSA) is 27.8 Å². The molecule has 20 heavy (non-hydrogen) atoms. The zero-order chi connectivity index (χ0) is 13.5. The van der Waals surface area contributed by atoms with Crippen LogP contribution in [0.5, 0.6) is 0 Å². The normalized spacial score (nSPS) is 13.4. The van der Waals surface area contributed by atoms with Crippen LogP contribution in [0.4, 0.5) is 5.69 Å². The van der Waals surface area contributed by atoms with Crippen LogP contribution in [0.1, 0.15) is 18.1 Å². The molecule has 0 bridgehead atoms. The molecule has 2 heterocycles. The largest absolute Gasteiger partial charge is 0.384 e. The molecule has 0 radical (unpaired) electrons. The summed E-state index contributed by atoms with van der Waals surface area (Å²) in [7, 11) is 0. The first-order valence-corrected chi connectivity index (χ1v) is 7.34. The molecular formula is C18H18N2. The first-order chi connectivity index (χ1) is 9.88. The van der Waals surface area contributed by atoms with Gasteiger partial charge < -0.3 is 10.3 Å². The molecule has 0 saturated heterocycles. The number of anilines is 1. The molecule has 100 valence electrons. The van der Waals surface area contributed by atoms with Crippen LogP contribution in [0.25, 0.3) is 22.2 Å². The number of fused-ring (bicyclic) bond motifs is 5. The van der Waals surface area contributed by atoms with Crippen LogP contribution in [0.2, 0.25) is 0 Å². The Morgan fingerprint density at radius 1 is 1.05 bits per heavy atom. The Morgan fingerprint density at radius 2 is 1.95 bits per heavy atom. The van der Waals surface area contributed by atoms with E-state index in [-0.39, 0.29) is 0 Å². The van der Waals surface area contributed by atoms with Crippen LogP contribution in [-0.4, -0.2) is 11.5 Å². The zero-order valence-corrected chi connectivity index (χ0v) is 11.7. The smallest absolute Gasteiger partial charge is 0.0521 e. The van der Waals surface area contributed by atoms with Gasteiger partial charge in [0.1, 0.15) is 0 Å². The van der Waals surface area contributed by atoms with E-state index >= 15 is 0 Å². The van der Waals surface area contributed by atoms with Crippen LogP contribution >= 0.6 is 0 Å². The van der Waals surface area contributed by atoms with Gasteiger partial charge in [-0.05, 0) is 36.1 Å². The predicted molar refractivity (Wildman–Crippen MR) is 85.3 cm³/mol. The number of rotatable bonds is 1. The van der Waals surface area contributed by atoms with Gasteiger partial charge in [0.05, 0.1) is 5.69 Å². The van der Waals surface area contributed by atoms with Gasteiger partial charge in [0.15, 0.2) is 0 Å². The molecule has 1 aliphatic heterocycles. The molecule has 0 fully saturated rings. The summed E-state index contributed by atoms with van der Waals surface area (Å²) in [6.45, 7) is 3.22. The van der Waals surface area contributed by atoms with Crippen LogP contribution in [0.15, 0.2) is 42.5 Å². The molecule has 2 nitrogen and oxygen atoms in total. The molecule has 2 heteroatoms. The van der Waals surface area contributed by atoms with Crippen molar-refractivity contribution in [1.82, 2.24) is 4.98 Å². The van der Waals surface area contributed by atoms with Gasteiger partial charge in [0, 0.05) is 28.7 Å². The standard InChI is InChI=1S/C18H18N2/c1-2-12-6-5-9-16-17(12)18-14(10-11-19-16)13-7-3-4-8-15(13)20-18/h3-9,19-20H,2,10-11H2,1H3. The van der Waals surface area contributed by atoms with E-state index in [0.29, 0.717) is 0 Å². The van der Waals surface area contributed by atoms with E-state index in [2.05, 4.69) is 59.7 Å². The fourth-order valence-corrected chi connectivity index (χ4v) is 3.33. The first-order valence-electron chi connectivity index (χ1n) is 7.34. The number of aromatic nitrogens is 1. The molecule has 2 aromatic carbocycles. The van der Waals surface area contributed by atoms with E-state index in [0.717, 1.165) is 19.4 Å². The number of para-hydroxylation sites is 1. The lowest BCUT2D eigenvalue weighted by atomic mass is 9.97. The minimum atomic E-state index is 0.995. The van der Waals surface area contributed by atoms with Gasteiger partial charge in [0.2, 0.25) is 0 Å². The molecule has 4 rings (SSSR count). The zero-order valence-electron chi connectivity index (χ0n) is 11.7. The summed E-state index contributed by atoms with van der Waals surface area (Å²) in [5, 5.41) is 4.94. The van der Waals surface area contributed by atoms with E-state index in [1.54, 1.807) is 0 Å². The van der Waals surface area contributed by atoms with Crippen molar-refractivity contribution in [2.75, 3.05) is 11.9 Å². The third-order valence-electron chi connectivity index (χ3n) is 4.29. The minimum absolute atomic E-state index is 0.995. The maximum atomic E-state index is 3.65. The highest BCUT2D eigenvalue weighted by Crippen LogP contribution is 2.39. The molecule has 0 aliphatic carbocycles. The molecular weight excluding hydrogens is 244 g/mol. The van der Waals surface area contributed by atoms with Gasteiger partial charge in [-0.25, -0.2) is 0 Å². The Hall–Kier alpha value is -2.22. The fraction of sp³-hybridized carbons (Fsp3) is 0.222.